The summed E-state index contributed by atoms with van der Waals surface area (Å²) in [6.07, 6.45) is 2.73. The highest BCUT2D eigenvalue weighted by atomic mass is 16.2. The molecule has 5 heterocycles. The van der Waals surface area contributed by atoms with E-state index in [-0.39, 0.29) is 28.9 Å². The number of carbonyl (C=O) groups excluding carboxylic acids is 1. The van der Waals surface area contributed by atoms with Gasteiger partial charge in [0.25, 0.3) is 11.5 Å². The van der Waals surface area contributed by atoms with E-state index in [4.69, 9.17) is 0 Å². The molecule has 8 nitrogen and oxygen atoms in total. The number of carbonyl (C=O) groups is 1. The van der Waals surface area contributed by atoms with Gasteiger partial charge in [-0.1, -0.05) is 0 Å². The van der Waals surface area contributed by atoms with Crippen LogP contribution in [0.2, 0.25) is 0 Å². The minimum Gasteiger partial charge on any atom is -0.355 e. The zero-order valence-electron chi connectivity index (χ0n) is 17.7. The fourth-order valence-corrected chi connectivity index (χ4v) is 5.20. The summed E-state index contributed by atoms with van der Waals surface area (Å²) in [6, 6.07) is 9.48. The third kappa shape index (κ3) is 3.49. The topological polar surface area (TPSA) is 85.5 Å². The fraction of sp³-hybridized carbons (Fsp3) is 0.478. The van der Waals surface area contributed by atoms with E-state index >= 15 is 0 Å². The fourth-order valence-electron chi connectivity index (χ4n) is 5.20. The summed E-state index contributed by atoms with van der Waals surface area (Å²) in [5.41, 5.74) is 1.67. The summed E-state index contributed by atoms with van der Waals surface area (Å²) < 4.78 is 1.82. The molecule has 0 aliphatic carbocycles. The molecule has 2 saturated heterocycles. The molecule has 0 radical (unpaired) electrons. The SMILES string of the molecule is CN1CCN(C(=O)c2ccc3n(c2=O)C[C@H]2C[C@@H]3CN(c3ncccc3C#N)C2)CC1. The number of nitrogens with zero attached hydrogens (tertiary/aromatic N) is 6. The largest absolute Gasteiger partial charge is 0.355 e. The van der Waals surface area contributed by atoms with E-state index in [2.05, 4.69) is 20.9 Å². The molecule has 5 rings (SSSR count). The summed E-state index contributed by atoms with van der Waals surface area (Å²) in [5, 5.41) is 9.45. The molecule has 31 heavy (non-hydrogen) atoms. The molecule has 3 aliphatic heterocycles. The number of pyridine rings is 2. The molecule has 2 aromatic heterocycles. The van der Waals surface area contributed by atoms with Crippen molar-refractivity contribution in [3.8, 4) is 6.07 Å². The van der Waals surface area contributed by atoms with E-state index in [0.717, 1.165) is 37.6 Å². The normalized spacial score (nSPS) is 23.2. The van der Waals surface area contributed by atoms with Crippen molar-refractivity contribution in [2.75, 3.05) is 51.2 Å². The Hall–Kier alpha value is -3.18. The Morgan fingerprint density at radius 3 is 2.71 bits per heavy atom. The molecule has 0 saturated carbocycles. The first-order chi connectivity index (χ1) is 15.0. The Morgan fingerprint density at radius 1 is 1.13 bits per heavy atom. The highest BCUT2D eigenvalue weighted by Gasteiger charge is 2.36. The summed E-state index contributed by atoms with van der Waals surface area (Å²) in [4.78, 5) is 36.9. The third-order valence-corrected chi connectivity index (χ3v) is 6.83. The number of rotatable bonds is 2. The lowest BCUT2D eigenvalue weighted by atomic mass is 9.82. The van der Waals surface area contributed by atoms with Gasteiger partial charge in [0.1, 0.15) is 17.5 Å². The van der Waals surface area contributed by atoms with Crippen molar-refractivity contribution in [3.63, 3.8) is 0 Å². The first-order valence-corrected chi connectivity index (χ1v) is 10.9. The first-order valence-electron chi connectivity index (χ1n) is 10.9. The lowest BCUT2D eigenvalue weighted by Crippen LogP contribution is -2.50. The van der Waals surface area contributed by atoms with Crippen molar-refractivity contribution in [1.82, 2.24) is 19.4 Å². The van der Waals surface area contributed by atoms with Crippen molar-refractivity contribution in [1.29, 1.82) is 5.26 Å². The minimum atomic E-state index is -0.167. The van der Waals surface area contributed by atoms with Crippen LogP contribution < -0.4 is 10.5 Å². The molecule has 0 spiro atoms. The molecule has 2 aromatic rings. The smallest absolute Gasteiger partial charge is 0.263 e. The summed E-state index contributed by atoms with van der Waals surface area (Å²) >= 11 is 0. The second-order valence-corrected chi connectivity index (χ2v) is 8.87. The molecular formula is C23H26N6O2. The minimum absolute atomic E-state index is 0.155. The quantitative estimate of drug-likeness (QED) is 0.727. The van der Waals surface area contributed by atoms with Gasteiger partial charge in [0.2, 0.25) is 0 Å². The maximum absolute atomic E-state index is 13.3. The molecule has 2 fully saturated rings. The van der Waals surface area contributed by atoms with Crippen LogP contribution in [0.5, 0.6) is 0 Å². The second-order valence-electron chi connectivity index (χ2n) is 8.87. The number of aromatic nitrogens is 2. The van der Waals surface area contributed by atoms with Crippen LogP contribution >= 0.6 is 0 Å². The molecule has 3 aliphatic rings. The molecule has 2 bridgehead atoms. The van der Waals surface area contributed by atoms with Gasteiger partial charge in [-0.2, -0.15) is 5.26 Å². The van der Waals surface area contributed by atoms with E-state index in [9.17, 15) is 14.9 Å². The van der Waals surface area contributed by atoms with E-state index < -0.39 is 0 Å². The van der Waals surface area contributed by atoms with Crippen molar-refractivity contribution < 1.29 is 4.79 Å². The summed E-state index contributed by atoms with van der Waals surface area (Å²) in [6.45, 7) is 5.04. The van der Waals surface area contributed by atoms with Crippen LogP contribution in [0.3, 0.4) is 0 Å². The predicted octanol–water partition coefficient (Wildman–Crippen LogP) is 1.13. The van der Waals surface area contributed by atoms with Crippen molar-refractivity contribution in [2.45, 2.75) is 18.9 Å². The average molecular weight is 419 g/mol. The van der Waals surface area contributed by atoms with E-state index in [1.54, 1.807) is 29.3 Å². The van der Waals surface area contributed by atoms with Crippen LogP contribution in [0, 0.1) is 17.2 Å². The summed E-state index contributed by atoms with van der Waals surface area (Å²) in [7, 11) is 2.04. The zero-order chi connectivity index (χ0) is 21.5. The van der Waals surface area contributed by atoms with Gasteiger partial charge in [0.15, 0.2) is 0 Å². The molecule has 0 N–H and O–H groups in total. The molecular weight excluding hydrogens is 392 g/mol. The molecule has 0 unspecified atom stereocenters. The van der Waals surface area contributed by atoms with Crippen molar-refractivity contribution in [3.05, 3.63) is 57.6 Å². The Kier molecular flexibility index (Phi) is 4.98. The van der Waals surface area contributed by atoms with Crippen molar-refractivity contribution >= 4 is 11.7 Å². The predicted molar refractivity (Wildman–Crippen MR) is 116 cm³/mol. The summed E-state index contributed by atoms with van der Waals surface area (Å²) in [5.74, 6) is 1.03. The standard InChI is InChI=1S/C23H26N6O2/c1-26-7-9-27(10-8-26)22(30)19-4-5-20-18-11-16(14-29(20)23(19)31)13-28(15-18)21-17(12-24)3-2-6-25-21/h2-6,16,18H,7-11,13-15H2,1H3/t16-,18+/m0/s1. The monoisotopic (exact) mass is 418 g/mol. The Labute approximate surface area is 181 Å². The number of hydrogen-bond donors (Lipinski definition) is 0. The number of piperidine rings is 1. The second kappa shape index (κ2) is 7.82. The van der Waals surface area contributed by atoms with Gasteiger partial charge in [-0.05, 0) is 43.7 Å². The highest BCUT2D eigenvalue weighted by molar-refractivity contribution is 5.94. The third-order valence-electron chi connectivity index (χ3n) is 6.83. The first kappa shape index (κ1) is 19.8. The van der Waals surface area contributed by atoms with E-state index in [0.29, 0.717) is 31.7 Å². The number of fused-ring (bicyclic) bond motifs is 4. The van der Waals surface area contributed by atoms with Gasteiger partial charge in [0.05, 0.1) is 5.56 Å². The Balaban J connectivity index is 1.42. The van der Waals surface area contributed by atoms with Gasteiger partial charge in [-0.15, -0.1) is 0 Å². The lowest BCUT2D eigenvalue weighted by molar-refractivity contribution is 0.0661. The van der Waals surface area contributed by atoms with E-state index in [1.165, 1.54) is 0 Å². The molecule has 8 heteroatoms. The average Bonchev–Trinajstić information content (AvgIpc) is 2.79. The number of nitriles is 1. The lowest BCUT2D eigenvalue weighted by Gasteiger charge is -2.43. The van der Waals surface area contributed by atoms with Gasteiger partial charge in [-0.3, -0.25) is 9.59 Å². The number of hydrogen-bond acceptors (Lipinski definition) is 6. The van der Waals surface area contributed by atoms with Gasteiger partial charge < -0.3 is 19.3 Å². The Bertz CT molecular complexity index is 1110. The van der Waals surface area contributed by atoms with Crippen LogP contribution in [-0.2, 0) is 6.54 Å². The van der Waals surface area contributed by atoms with Crippen LogP contribution in [0.4, 0.5) is 5.82 Å². The Morgan fingerprint density at radius 2 is 1.94 bits per heavy atom. The number of amides is 1. The van der Waals surface area contributed by atoms with Gasteiger partial charge in [0, 0.05) is 63.6 Å². The molecule has 0 aromatic carbocycles. The van der Waals surface area contributed by atoms with Crippen LogP contribution in [0.1, 0.15) is 34.0 Å². The number of likely N-dealkylation sites (N-methyl/N-ethyl adjacent to an activating group) is 1. The zero-order valence-corrected chi connectivity index (χ0v) is 17.7. The molecule has 2 atom stereocenters. The van der Waals surface area contributed by atoms with Gasteiger partial charge in [-0.25, -0.2) is 4.98 Å². The van der Waals surface area contributed by atoms with Crippen LogP contribution in [0.25, 0.3) is 0 Å². The molecule has 160 valence electrons. The maximum atomic E-state index is 13.3. The van der Waals surface area contributed by atoms with Crippen LogP contribution in [0.15, 0.2) is 35.3 Å². The van der Waals surface area contributed by atoms with Gasteiger partial charge >= 0.3 is 0 Å². The maximum Gasteiger partial charge on any atom is 0.263 e. The number of piperazine rings is 1. The number of anilines is 1. The van der Waals surface area contributed by atoms with E-state index in [1.807, 2.05) is 17.7 Å². The molecule has 1 amide bonds. The van der Waals surface area contributed by atoms with Crippen LogP contribution in [-0.4, -0.2) is 71.6 Å². The van der Waals surface area contributed by atoms with Crippen molar-refractivity contribution in [2.24, 2.45) is 5.92 Å². The highest BCUT2D eigenvalue weighted by Crippen LogP contribution is 2.37.